The predicted molar refractivity (Wildman–Crippen MR) is 71.0 cm³/mol. The zero-order valence-electron chi connectivity index (χ0n) is 11.7. The van der Waals surface area contributed by atoms with Crippen LogP contribution in [-0.2, 0) is 9.53 Å². The van der Waals surface area contributed by atoms with Crippen LogP contribution in [0.25, 0.3) is 0 Å². The summed E-state index contributed by atoms with van der Waals surface area (Å²) in [6, 6.07) is -0.439. The summed E-state index contributed by atoms with van der Waals surface area (Å²) in [6.07, 6.45) is 2.48. The fourth-order valence-electron chi connectivity index (χ4n) is 2.31. The van der Waals surface area contributed by atoms with E-state index in [4.69, 9.17) is 9.84 Å². The zero-order chi connectivity index (χ0) is 14.3. The summed E-state index contributed by atoms with van der Waals surface area (Å²) in [7, 11) is 1.69. The quantitative estimate of drug-likeness (QED) is 0.764. The van der Waals surface area contributed by atoms with E-state index >= 15 is 0 Å². The molecular weight excluding hydrogens is 248 g/mol. The number of amides is 2. The number of urea groups is 1. The molecule has 1 heterocycles. The molecule has 110 valence electrons. The van der Waals surface area contributed by atoms with Crippen molar-refractivity contribution >= 4 is 12.0 Å². The van der Waals surface area contributed by atoms with Crippen LogP contribution in [0.5, 0.6) is 0 Å². The summed E-state index contributed by atoms with van der Waals surface area (Å²) in [4.78, 5) is 24.4. The van der Waals surface area contributed by atoms with Crippen LogP contribution >= 0.6 is 0 Å². The van der Waals surface area contributed by atoms with Crippen molar-refractivity contribution in [1.29, 1.82) is 0 Å². The van der Waals surface area contributed by atoms with Crippen molar-refractivity contribution in [2.75, 3.05) is 26.8 Å². The third-order valence-corrected chi connectivity index (χ3v) is 3.55. The van der Waals surface area contributed by atoms with Gasteiger partial charge < -0.3 is 20.1 Å². The van der Waals surface area contributed by atoms with Gasteiger partial charge in [0.25, 0.3) is 0 Å². The topological polar surface area (TPSA) is 78.9 Å². The summed E-state index contributed by atoms with van der Waals surface area (Å²) >= 11 is 0. The third-order valence-electron chi connectivity index (χ3n) is 3.55. The van der Waals surface area contributed by atoms with Crippen molar-refractivity contribution in [3.8, 4) is 0 Å². The molecule has 2 amide bonds. The van der Waals surface area contributed by atoms with E-state index in [1.54, 1.807) is 12.0 Å². The summed E-state index contributed by atoms with van der Waals surface area (Å²) in [5.74, 6) is -0.360. The first-order valence-corrected chi connectivity index (χ1v) is 6.83. The van der Waals surface area contributed by atoms with Gasteiger partial charge in [0.1, 0.15) is 0 Å². The Morgan fingerprint density at radius 2 is 2.05 bits per heavy atom. The Balaban J connectivity index is 2.35. The maximum Gasteiger partial charge on any atom is 0.317 e. The molecule has 0 spiro atoms. The lowest BCUT2D eigenvalue weighted by atomic mass is 9.98. The fraction of sp³-hybridized carbons (Fsp3) is 0.846. The van der Waals surface area contributed by atoms with Crippen molar-refractivity contribution in [1.82, 2.24) is 10.2 Å². The van der Waals surface area contributed by atoms with Gasteiger partial charge in [0, 0.05) is 32.8 Å². The van der Waals surface area contributed by atoms with Crippen molar-refractivity contribution in [2.45, 2.75) is 38.6 Å². The standard InChI is InChI=1S/C13H24N2O4/c1-3-11(8-12(16)17)14-13(18)15-6-4-10(5-7-15)9-19-2/h10-11H,3-9H2,1-2H3,(H,14,18)(H,16,17). The lowest BCUT2D eigenvalue weighted by Gasteiger charge is -2.32. The third kappa shape index (κ3) is 5.46. The zero-order valence-corrected chi connectivity index (χ0v) is 11.7. The van der Waals surface area contributed by atoms with Crippen LogP contribution in [-0.4, -0.2) is 54.9 Å². The molecule has 0 aromatic carbocycles. The number of likely N-dealkylation sites (tertiary alicyclic amines) is 1. The number of hydrogen-bond donors (Lipinski definition) is 2. The number of rotatable bonds is 6. The monoisotopic (exact) mass is 272 g/mol. The fourth-order valence-corrected chi connectivity index (χ4v) is 2.31. The number of nitrogens with one attached hydrogen (secondary N) is 1. The molecule has 2 N–H and O–H groups in total. The Morgan fingerprint density at radius 3 is 2.53 bits per heavy atom. The van der Waals surface area contributed by atoms with Gasteiger partial charge in [-0.05, 0) is 25.2 Å². The molecular formula is C13H24N2O4. The van der Waals surface area contributed by atoms with Crippen LogP contribution in [0.4, 0.5) is 4.79 Å². The Labute approximate surface area is 114 Å². The number of carbonyl (C=O) groups is 2. The summed E-state index contributed by atoms with van der Waals surface area (Å²) < 4.78 is 5.12. The van der Waals surface area contributed by atoms with E-state index in [1.165, 1.54) is 0 Å². The van der Waals surface area contributed by atoms with Gasteiger partial charge in [-0.15, -0.1) is 0 Å². The number of carboxylic acid groups (broad SMARTS) is 1. The second-order valence-corrected chi connectivity index (χ2v) is 5.04. The van der Waals surface area contributed by atoms with Gasteiger partial charge in [-0.1, -0.05) is 6.92 Å². The molecule has 1 aliphatic heterocycles. The highest BCUT2D eigenvalue weighted by Gasteiger charge is 2.24. The van der Waals surface area contributed by atoms with Gasteiger partial charge in [0.2, 0.25) is 0 Å². The molecule has 6 nitrogen and oxygen atoms in total. The Bertz CT molecular complexity index is 301. The normalized spacial score (nSPS) is 18.1. The SMILES string of the molecule is CCC(CC(=O)O)NC(=O)N1CCC(COC)CC1. The smallest absolute Gasteiger partial charge is 0.317 e. The van der Waals surface area contributed by atoms with E-state index in [0.717, 1.165) is 19.4 Å². The number of carbonyl (C=O) groups excluding carboxylic acids is 1. The van der Waals surface area contributed by atoms with Gasteiger partial charge in [-0.3, -0.25) is 4.79 Å². The predicted octanol–water partition coefficient (Wildman–Crippen LogP) is 1.31. The van der Waals surface area contributed by atoms with Gasteiger partial charge in [-0.2, -0.15) is 0 Å². The lowest BCUT2D eigenvalue weighted by molar-refractivity contribution is -0.137. The largest absolute Gasteiger partial charge is 0.481 e. The summed E-state index contributed by atoms with van der Waals surface area (Å²) in [6.45, 7) is 4.04. The van der Waals surface area contributed by atoms with Crippen molar-refractivity contribution in [3.05, 3.63) is 0 Å². The lowest BCUT2D eigenvalue weighted by Crippen LogP contribution is -2.48. The molecule has 19 heavy (non-hydrogen) atoms. The first-order chi connectivity index (χ1) is 9.06. The van der Waals surface area contributed by atoms with E-state index in [9.17, 15) is 9.59 Å². The van der Waals surface area contributed by atoms with Crippen LogP contribution < -0.4 is 5.32 Å². The van der Waals surface area contributed by atoms with Crippen molar-refractivity contribution < 1.29 is 19.4 Å². The average Bonchev–Trinajstić information content (AvgIpc) is 2.38. The minimum Gasteiger partial charge on any atom is -0.481 e. The molecule has 0 aromatic rings. The second kappa shape index (κ2) is 7.99. The van der Waals surface area contributed by atoms with Crippen LogP contribution in [0.2, 0.25) is 0 Å². The molecule has 0 aromatic heterocycles. The van der Waals surface area contributed by atoms with Gasteiger partial charge in [-0.25, -0.2) is 4.79 Å². The molecule has 1 saturated heterocycles. The molecule has 0 saturated carbocycles. The number of hydrogen-bond acceptors (Lipinski definition) is 3. The molecule has 1 unspecified atom stereocenters. The van der Waals surface area contributed by atoms with Gasteiger partial charge in [0.15, 0.2) is 0 Å². The van der Waals surface area contributed by atoms with Crippen molar-refractivity contribution in [2.24, 2.45) is 5.92 Å². The van der Waals surface area contributed by atoms with Crippen LogP contribution in [0, 0.1) is 5.92 Å². The molecule has 1 rings (SSSR count). The van der Waals surface area contributed by atoms with Crippen LogP contribution in [0.15, 0.2) is 0 Å². The molecule has 0 aliphatic carbocycles. The van der Waals surface area contributed by atoms with E-state index < -0.39 is 5.97 Å². The van der Waals surface area contributed by atoms with Gasteiger partial charge in [0.05, 0.1) is 6.42 Å². The highest BCUT2D eigenvalue weighted by atomic mass is 16.5. The number of piperidine rings is 1. The number of nitrogens with zero attached hydrogens (tertiary/aromatic N) is 1. The molecule has 6 heteroatoms. The first kappa shape index (κ1) is 15.8. The molecule has 0 radical (unpaired) electrons. The Kier molecular flexibility index (Phi) is 6.62. The average molecular weight is 272 g/mol. The van der Waals surface area contributed by atoms with Gasteiger partial charge >= 0.3 is 12.0 Å². The highest BCUT2D eigenvalue weighted by Crippen LogP contribution is 2.17. The van der Waals surface area contributed by atoms with Crippen LogP contribution in [0.3, 0.4) is 0 Å². The summed E-state index contributed by atoms with van der Waals surface area (Å²) in [5, 5.41) is 11.5. The van der Waals surface area contributed by atoms with E-state index in [0.29, 0.717) is 25.4 Å². The van der Waals surface area contributed by atoms with E-state index in [1.807, 2.05) is 6.92 Å². The molecule has 1 fully saturated rings. The minimum atomic E-state index is -0.883. The second-order valence-electron chi connectivity index (χ2n) is 5.04. The Morgan fingerprint density at radius 1 is 1.42 bits per heavy atom. The number of carboxylic acids is 1. The molecule has 0 bridgehead atoms. The van der Waals surface area contributed by atoms with Crippen molar-refractivity contribution in [3.63, 3.8) is 0 Å². The summed E-state index contributed by atoms with van der Waals surface area (Å²) in [5.41, 5.74) is 0. The maximum absolute atomic E-state index is 12.0. The van der Waals surface area contributed by atoms with E-state index in [-0.39, 0.29) is 18.5 Å². The molecule has 1 atom stereocenters. The van der Waals surface area contributed by atoms with E-state index in [2.05, 4.69) is 5.32 Å². The number of methoxy groups -OCH3 is 1. The first-order valence-electron chi connectivity index (χ1n) is 6.83. The number of aliphatic carboxylic acids is 1. The maximum atomic E-state index is 12.0. The highest BCUT2D eigenvalue weighted by molar-refractivity contribution is 5.76. The minimum absolute atomic E-state index is 0.0254. The molecule has 1 aliphatic rings. The number of ether oxygens (including phenoxy) is 1. The Hall–Kier alpha value is -1.30. The van der Waals surface area contributed by atoms with Crippen LogP contribution in [0.1, 0.15) is 32.6 Å².